The number of benzene rings is 4. The van der Waals surface area contributed by atoms with Crippen LogP contribution in [0.4, 0.5) is 18.9 Å². The zero-order valence-electron chi connectivity index (χ0n) is 31.6. The summed E-state index contributed by atoms with van der Waals surface area (Å²) in [5, 5.41) is 0. The lowest BCUT2D eigenvalue weighted by Crippen LogP contribution is -2.56. The van der Waals surface area contributed by atoms with Crippen molar-refractivity contribution in [1.82, 2.24) is 14.7 Å². The molecule has 4 aromatic rings. The average molecular weight is 739 g/mol. The third-order valence-corrected chi connectivity index (χ3v) is 10.0. The minimum atomic E-state index is -4.45. The van der Waals surface area contributed by atoms with Gasteiger partial charge in [0.2, 0.25) is 11.8 Å². The molecule has 0 aliphatic carbocycles. The van der Waals surface area contributed by atoms with Gasteiger partial charge in [0.15, 0.2) is 0 Å². The van der Waals surface area contributed by atoms with Gasteiger partial charge in [-0.15, -0.1) is 0 Å². The maximum absolute atomic E-state index is 14.6. The highest BCUT2D eigenvalue weighted by molar-refractivity contribution is 5.95. The van der Waals surface area contributed by atoms with Crippen molar-refractivity contribution >= 4 is 23.6 Å². The Balaban J connectivity index is 1.43. The van der Waals surface area contributed by atoms with Crippen molar-refractivity contribution in [3.8, 4) is 0 Å². The summed E-state index contributed by atoms with van der Waals surface area (Å²) in [7, 11) is 0. The summed E-state index contributed by atoms with van der Waals surface area (Å²) in [5.74, 6) is -0.500. The molecule has 286 valence electrons. The maximum atomic E-state index is 14.6. The van der Waals surface area contributed by atoms with Gasteiger partial charge in [0.05, 0.1) is 5.56 Å². The lowest BCUT2D eigenvalue weighted by atomic mass is 10.0. The number of alkyl halides is 3. The van der Waals surface area contributed by atoms with Crippen molar-refractivity contribution in [2.24, 2.45) is 0 Å². The summed E-state index contributed by atoms with van der Waals surface area (Å²) >= 11 is 0. The van der Waals surface area contributed by atoms with Crippen molar-refractivity contribution in [2.45, 2.75) is 71.3 Å². The second-order valence-corrected chi connectivity index (χ2v) is 14.1. The standard InChI is InChI=1S/C45H53F3N4O2/c1-3-5-27-50(28-6-4-2)41-24-19-39(20-25-41)35-52(43(53)26-21-36-17-22-40(23-18-36)45(46,47)48)42(33-37-13-9-7-10-14-37)44(54)51-31-29-49(30-32-51)34-38-15-11-8-12-16-38/h7-26,42H,3-6,27-35H2,1-2H3/b26-21+/t42-/m0/s1. The minimum Gasteiger partial charge on any atom is -0.372 e. The van der Waals surface area contributed by atoms with Gasteiger partial charge in [-0.05, 0) is 65.4 Å². The Morgan fingerprint density at radius 1 is 0.722 bits per heavy atom. The maximum Gasteiger partial charge on any atom is 0.416 e. The molecular weight excluding hydrogens is 686 g/mol. The Hall–Kier alpha value is -4.89. The number of amides is 2. The van der Waals surface area contributed by atoms with E-state index < -0.39 is 17.8 Å². The minimum absolute atomic E-state index is 0.114. The molecule has 1 atom stereocenters. The highest BCUT2D eigenvalue weighted by Gasteiger charge is 2.34. The van der Waals surface area contributed by atoms with E-state index in [1.165, 1.54) is 29.8 Å². The summed E-state index contributed by atoms with van der Waals surface area (Å²) in [5.41, 5.74) is 3.88. The first-order valence-electron chi connectivity index (χ1n) is 19.2. The SMILES string of the molecule is CCCCN(CCCC)c1ccc(CN(C(=O)/C=C/c2ccc(C(F)(F)F)cc2)[C@@H](Cc2ccccc2)C(=O)N2CCN(Cc3ccccc3)CC2)cc1. The van der Waals surface area contributed by atoms with Crippen LogP contribution in [0.15, 0.2) is 115 Å². The van der Waals surface area contributed by atoms with Crippen molar-refractivity contribution in [3.63, 3.8) is 0 Å². The van der Waals surface area contributed by atoms with E-state index in [0.717, 1.165) is 74.3 Å². The highest BCUT2D eigenvalue weighted by atomic mass is 19.4. The molecule has 1 aliphatic rings. The number of rotatable bonds is 17. The zero-order chi connectivity index (χ0) is 38.3. The van der Waals surface area contributed by atoms with Gasteiger partial charge in [0.1, 0.15) is 6.04 Å². The predicted octanol–water partition coefficient (Wildman–Crippen LogP) is 9.11. The molecule has 0 aromatic heterocycles. The Bertz CT molecular complexity index is 1750. The molecule has 1 saturated heterocycles. The lowest BCUT2D eigenvalue weighted by Gasteiger charge is -2.39. The first-order valence-corrected chi connectivity index (χ1v) is 19.2. The summed E-state index contributed by atoms with van der Waals surface area (Å²) in [6.07, 6.45) is 3.18. The van der Waals surface area contributed by atoms with Crippen molar-refractivity contribution in [1.29, 1.82) is 0 Å². The van der Waals surface area contributed by atoms with Gasteiger partial charge in [-0.25, -0.2) is 0 Å². The zero-order valence-corrected chi connectivity index (χ0v) is 31.6. The van der Waals surface area contributed by atoms with E-state index in [-0.39, 0.29) is 18.4 Å². The fourth-order valence-electron chi connectivity index (χ4n) is 6.81. The van der Waals surface area contributed by atoms with E-state index in [2.05, 4.69) is 47.9 Å². The van der Waals surface area contributed by atoms with Crippen LogP contribution in [0, 0.1) is 0 Å². The fourth-order valence-corrected chi connectivity index (χ4v) is 6.81. The average Bonchev–Trinajstić information content (AvgIpc) is 3.19. The topological polar surface area (TPSA) is 47.1 Å². The molecule has 4 aromatic carbocycles. The Morgan fingerprint density at radius 3 is 1.85 bits per heavy atom. The van der Waals surface area contributed by atoms with Gasteiger partial charge in [-0.2, -0.15) is 13.2 Å². The number of halogens is 3. The summed E-state index contributed by atoms with van der Waals surface area (Å²) < 4.78 is 39.7. The highest BCUT2D eigenvalue weighted by Crippen LogP contribution is 2.29. The Morgan fingerprint density at radius 2 is 1.30 bits per heavy atom. The molecule has 0 N–H and O–H groups in total. The molecule has 54 heavy (non-hydrogen) atoms. The molecule has 1 heterocycles. The Kier molecular flexibility index (Phi) is 14.9. The van der Waals surface area contributed by atoms with Crippen molar-refractivity contribution < 1.29 is 22.8 Å². The van der Waals surface area contributed by atoms with Crippen LogP contribution in [0.5, 0.6) is 0 Å². The second-order valence-electron chi connectivity index (χ2n) is 14.1. The van der Waals surface area contributed by atoms with Crippen LogP contribution in [0.25, 0.3) is 6.08 Å². The van der Waals surface area contributed by atoms with Crippen molar-refractivity contribution in [3.05, 3.63) is 143 Å². The van der Waals surface area contributed by atoms with E-state index in [1.807, 2.05) is 65.6 Å². The van der Waals surface area contributed by atoms with Gasteiger partial charge in [-0.1, -0.05) is 112 Å². The van der Waals surface area contributed by atoms with Crippen LogP contribution in [0.2, 0.25) is 0 Å². The third kappa shape index (κ3) is 11.8. The van der Waals surface area contributed by atoms with E-state index in [9.17, 15) is 22.8 Å². The summed E-state index contributed by atoms with van der Waals surface area (Å²) in [4.78, 5) is 37.2. The number of unbranched alkanes of at least 4 members (excludes halogenated alkanes) is 2. The van der Waals surface area contributed by atoms with E-state index in [0.29, 0.717) is 38.2 Å². The molecule has 0 saturated carbocycles. The number of nitrogens with zero attached hydrogens (tertiary/aromatic N) is 4. The number of anilines is 1. The van der Waals surface area contributed by atoms with Crippen molar-refractivity contribution in [2.75, 3.05) is 44.2 Å². The summed E-state index contributed by atoms with van der Waals surface area (Å²) in [6.45, 7) is 9.84. The van der Waals surface area contributed by atoms with Gasteiger partial charge in [0, 0.05) is 70.5 Å². The third-order valence-electron chi connectivity index (χ3n) is 10.0. The lowest BCUT2D eigenvalue weighted by molar-refractivity contribution is -0.145. The van der Waals surface area contributed by atoms with Gasteiger partial charge < -0.3 is 14.7 Å². The van der Waals surface area contributed by atoms with Crippen LogP contribution >= 0.6 is 0 Å². The monoisotopic (exact) mass is 738 g/mol. The molecule has 0 spiro atoms. The molecule has 0 radical (unpaired) electrons. The summed E-state index contributed by atoms with van der Waals surface area (Å²) in [6, 6.07) is 32.2. The van der Waals surface area contributed by atoms with E-state index >= 15 is 0 Å². The number of carbonyl (C=O) groups excluding carboxylic acids is 2. The van der Waals surface area contributed by atoms with E-state index in [1.54, 1.807) is 4.90 Å². The van der Waals surface area contributed by atoms with E-state index in [4.69, 9.17) is 0 Å². The second kappa shape index (κ2) is 20.0. The van der Waals surface area contributed by atoms with Gasteiger partial charge in [0.25, 0.3) is 0 Å². The van der Waals surface area contributed by atoms with Crippen LogP contribution in [0.3, 0.4) is 0 Å². The Labute approximate surface area is 318 Å². The quantitative estimate of drug-likeness (QED) is 0.102. The molecular formula is C45H53F3N4O2. The van der Waals surface area contributed by atoms with Crippen LogP contribution in [0.1, 0.15) is 67.3 Å². The fraction of sp³-hybridized carbons (Fsp3) is 0.378. The van der Waals surface area contributed by atoms with Crippen LogP contribution < -0.4 is 4.90 Å². The van der Waals surface area contributed by atoms with Crippen LogP contribution in [-0.4, -0.2) is 71.8 Å². The normalized spacial score (nSPS) is 14.3. The number of piperazine rings is 1. The predicted molar refractivity (Wildman–Crippen MR) is 212 cm³/mol. The number of hydrogen-bond donors (Lipinski definition) is 0. The molecule has 1 fully saturated rings. The first-order chi connectivity index (χ1) is 26.1. The first kappa shape index (κ1) is 40.3. The molecule has 1 aliphatic heterocycles. The molecule has 0 bridgehead atoms. The molecule has 6 nitrogen and oxygen atoms in total. The van der Waals surface area contributed by atoms with Gasteiger partial charge >= 0.3 is 6.18 Å². The van der Waals surface area contributed by atoms with Crippen LogP contribution in [-0.2, 0) is 35.3 Å². The number of carbonyl (C=O) groups is 2. The molecule has 5 rings (SSSR count). The molecule has 2 amide bonds. The van der Waals surface area contributed by atoms with Gasteiger partial charge in [-0.3, -0.25) is 14.5 Å². The number of hydrogen-bond acceptors (Lipinski definition) is 4. The largest absolute Gasteiger partial charge is 0.416 e. The smallest absolute Gasteiger partial charge is 0.372 e. The molecule has 0 unspecified atom stereocenters. The molecule has 9 heteroatoms.